The van der Waals surface area contributed by atoms with Crippen LogP contribution in [0.25, 0.3) is 0 Å². The maximum atomic E-state index is 14.0. The third-order valence-corrected chi connectivity index (χ3v) is 7.67. The Morgan fingerprint density at radius 1 is 1.19 bits per heavy atom. The zero-order valence-electron chi connectivity index (χ0n) is 19.0. The van der Waals surface area contributed by atoms with Gasteiger partial charge in [-0.15, -0.1) is 0 Å². The molecule has 1 aromatic carbocycles. The van der Waals surface area contributed by atoms with E-state index in [2.05, 4.69) is 17.3 Å². The van der Waals surface area contributed by atoms with Crippen molar-refractivity contribution < 1.29 is 9.18 Å². The van der Waals surface area contributed by atoms with Gasteiger partial charge in [0.2, 0.25) is 5.91 Å². The molecule has 0 radical (unpaired) electrons. The fraction of sp³-hybridized carbons (Fsp3) is 0.560. The second-order valence-electron chi connectivity index (χ2n) is 9.52. The Morgan fingerprint density at radius 3 is 2.69 bits per heavy atom. The number of halogens is 1. The number of carbonyl (C=O) groups is 1. The van der Waals surface area contributed by atoms with Gasteiger partial charge >= 0.3 is 0 Å². The fourth-order valence-electron chi connectivity index (χ4n) is 5.91. The van der Waals surface area contributed by atoms with E-state index in [4.69, 9.17) is 9.97 Å². The molecule has 1 amide bonds. The highest BCUT2D eigenvalue weighted by Gasteiger charge is 2.46. The number of rotatable bonds is 4. The first-order valence-electron chi connectivity index (χ1n) is 11.8. The van der Waals surface area contributed by atoms with Crippen LogP contribution in [0.1, 0.15) is 67.2 Å². The zero-order valence-corrected chi connectivity index (χ0v) is 19.0. The quantitative estimate of drug-likeness (QED) is 0.788. The van der Waals surface area contributed by atoms with Gasteiger partial charge in [0.1, 0.15) is 17.5 Å². The lowest BCUT2D eigenvalue weighted by atomic mass is 9.77. The number of aromatic nitrogens is 2. The number of benzene rings is 1. The normalized spacial score (nSPS) is 22.7. The molecule has 1 N–H and O–H groups in total. The van der Waals surface area contributed by atoms with Crippen LogP contribution in [0, 0.1) is 5.82 Å². The summed E-state index contributed by atoms with van der Waals surface area (Å²) < 4.78 is 14.0. The van der Waals surface area contributed by atoms with Crippen LogP contribution in [0.4, 0.5) is 10.2 Å². The van der Waals surface area contributed by atoms with Crippen LogP contribution in [0.5, 0.6) is 0 Å². The van der Waals surface area contributed by atoms with Gasteiger partial charge in [-0.2, -0.15) is 0 Å². The zero-order chi connectivity index (χ0) is 22.3. The summed E-state index contributed by atoms with van der Waals surface area (Å²) in [5.74, 6) is 1.58. The van der Waals surface area contributed by atoms with Crippen LogP contribution in [-0.2, 0) is 23.2 Å². The molecule has 1 aromatic heterocycles. The summed E-state index contributed by atoms with van der Waals surface area (Å²) in [6.07, 6.45) is 6.50. The number of amides is 1. The molecule has 2 fully saturated rings. The van der Waals surface area contributed by atoms with Gasteiger partial charge in [0, 0.05) is 19.2 Å². The number of hydrogen-bond donors (Lipinski definition) is 1. The lowest BCUT2D eigenvalue weighted by Crippen LogP contribution is -2.47. The van der Waals surface area contributed by atoms with Crippen LogP contribution >= 0.6 is 0 Å². The Hall–Kier alpha value is -2.54. The van der Waals surface area contributed by atoms with E-state index in [1.54, 1.807) is 12.1 Å². The van der Waals surface area contributed by atoms with Crippen molar-refractivity contribution in [3.63, 3.8) is 0 Å². The summed E-state index contributed by atoms with van der Waals surface area (Å²) in [6, 6.07) is 6.87. The predicted octanol–water partition coefficient (Wildman–Crippen LogP) is 3.82. The van der Waals surface area contributed by atoms with Crippen molar-refractivity contribution in [3.05, 3.63) is 52.7 Å². The van der Waals surface area contributed by atoms with E-state index in [0.29, 0.717) is 13.1 Å². The summed E-state index contributed by atoms with van der Waals surface area (Å²) >= 11 is 0. The van der Waals surface area contributed by atoms with Crippen LogP contribution in [0.15, 0.2) is 24.3 Å². The van der Waals surface area contributed by atoms with E-state index >= 15 is 0 Å². The molecule has 170 valence electrons. The summed E-state index contributed by atoms with van der Waals surface area (Å²) in [5, 5.41) is 3.26. The van der Waals surface area contributed by atoms with Gasteiger partial charge in [0.15, 0.2) is 0 Å². The van der Waals surface area contributed by atoms with E-state index in [1.807, 2.05) is 18.0 Å². The largest absolute Gasteiger partial charge is 0.373 e. The second-order valence-corrected chi connectivity index (χ2v) is 9.52. The molecule has 1 saturated carbocycles. The standard InChI is InChI=1S/C25H32FN5O/c1-27-22-19-10-14-31(16-20(19)28-23(29-22)21-9-6-13-30(21)2)24(32)25(11-3-4-12-25)17-7-5-8-18(26)15-17/h5,7-8,15,21H,3-4,6,9-14,16H2,1-2H3,(H,27,28,29)/t21-/m0/s1. The Morgan fingerprint density at radius 2 is 2.00 bits per heavy atom. The van der Waals surface area contributed by atoms with Crippen molar-refractivity contribution in [3.8, 4) is 0 Å². The highest BCUT2D eigenvalue weighted by atomic mass is 19.1. The Balaban J connectivity index is 1.47. The van der Waals surface area contributed by atoms with Crippen molar-refractivity contribution in [2.75, 3.05) is 32.5 Å². The molecule has 1 atom stereocenters. The molecule has 2 aliphatic heterocycles. The molecule has 0 unspecified atom stereocenters. The van der Waals surface area contributed by atoms with Crippen LogP contribution < -0.4 is 5.32 Å². The number of nitrogens with zero attached hydrogens (tertiary/aromatic N) is 4. The molecule has 3 aliphatic rings. The van der Waals surface area contributed by atoms with Crippen molar-refractivity contribution in [2.45, 2.75) is 62.9 Å². The number of anilines is 1. The fourth-order valence-corrected chi connectivity index (χ4v) is 5.91. The highest BCUT2D eigenvalue weighted by molar-refractivity contribution is 5.89. The molecule has 0 bridgehead atoms. The molecule has 5 rings (SSSR count). The summed E-state index contributed by atoms with van der Waals surface area (Å²) in [4.78, 5) is 28.0. The molecule has 7 heteroatoms. The van der Waals surface area contributed by atoms with E-state index in [1.165, 1.54) is 6.07 Å². The molecule has 32 heavy (non-hydrogen) atoms. The molecule has 2 aromatic rings. The Bertz CT molecular complexity index is 1020. The van der Waals surface area contributed by atoms with Gasteiger partial charge in [-0.1, -0.05) is 25.0 Å². The van der Waals surface area contributed by atoms with Crippen LogP contribution in [-0.4, -0.2) is 52.9 Å². The number of fused-ring (bicyclic) bond motifs is 1. The third kappa shape index (κ3) is 3.56. The average molecular weight is 438 g/mol. The monoisotopic (exact) mass is 437 g/mol. The Labute approximate surface area is 189 Å². The lowest BCUT2D eigenvalue weighted by Gasteiger charge is -2.37. The number of nitrogens with one attached hydrogen (secondary N) is 1. The minimum Gasteiger partial charge on any atom is -0.373 e. The Kier molecular flexibility index (Phi) is 5.61. The van der Waals surface area contributed by atoms with Gasteiger partial charge in [-0.25, -0.2) is 14.4 Å². The van der Waals surface area contributed by atoms with Gasteiger partial charge in [-0.3, -0.25) is 9.69 Å². The van der Waals surface area contributed by atoms with Crippen molar-refractivity contribution in [2.24, 2.45) is 0 Å². The van der Waals surface area contributed by atoms with E-state index < -0.39 is 5.41 Å². The maximum Gasteiger partial charge on any atom is 0.233 e. The smallest absolute Gasteiger partial charge is 0.233 e. The van der Waals surface area contributed by atoms with E-state index in [9.17, 15) is 9.18 Å². The van der Waals surface area contributed by atoms with Crippen molar-refractivity contribution >= 4 is 11.7 Å². The molecular formula is C25H32FN5O. The predicted molar refractivity (Wildman–Crippen MR) is 122 cm³/mol. The number of carbonyl (C=O) groups excluding carboxylic acids is 1. The summed E-state index contributed by atoms with van der Waals surface area (Å²) in [7, 11) is 4.03. The number of hydrogen-bond acceptors (Lipinski definition) is 5. The van der Waals surface area contributed by atoms with Gasteiger partial charge in [0.05, 0.1) is 23.7 Å². The molecule has 6 nitrogen and oxygen atoms in total. The third-order valence-electron chi connectivity index (χ3n) is 7.67. The topological polar surface area (TPSA) is 61.4 Å². The molecular weight excluding hydrogens is 405 g/mol. The summed E-state index contributed by atoms with van der Waals surface area (Å²) in [5.41, 5.74) is 2.27. The van der Waals surface area contributed by atoms with E-state index in [-0.39, 0.29) is 17.8 Å². The van der Waals surface area contributed by atoms with Gasteiger partial charge in [-0.05, 0) is 63.4 Å². The first kappa shape index (κ1) is 21.3. The molecule has 3 heterocycles. The van der Waals surface area contributed by atoms with Crippen LogP contribution in [0.3, 0.4) is 0 Å². The first-order valence-corrected chi connectivity index (χ1v) is 11.8. The SMILES string of the molecule is CNc1nc([C@@H]2CCCN2C)nc2c1CCN(C(=O)C1(c3cccc(F)c3)CCCC1)C2. The molecule has 1 aliphatic carbocycles. The minimum absolute atomic E-state index is 0.121. The van der Waals surface area contributed by atoms with Gasteiger partial charge in [0.25, 0.3) is 0 Å². The average Bonchev–Trinajstić information content (AvgIpc) is 3.47. The van der Waals surface area contributed by atoms with Gasteiger partial charge < -0.3 is 10.2 Å². The van der Waals surface area contributed by atoms with E-state index in [0.717, 1.165) is 80.0 Å². The first-order chi connectivity index (χ1) is 15.5. The van der Waals surface area contributed by atoms with Crippen molar-refractivity contribution in [1.29, 1.82) is 0 Å². The molecule has 1 saturated heterocycles. The lowest BCUT2D eigenvalue weighted by molar-refractivity contribution is -0.138. The van der Waals surface area contributed by atoms with Crippen LogP contribution in [0.2, 0.25) is 0 Å². The highest BCUT2D eigenvalue weighted by Crippen LogP contribution is 2.43. The molecule has 0 spiro atoms. The maximum absolute atomic E-state index is 14.0. The number of likely N-dealkylation sites (tertiary alicyclic amines) is 1. The second kappa shape index (κ2) is 8.43. The summed E-state index contributed by atoms with van der Waals surface area (Å²) in [6.45, 7) is 2.19. The van der Waals surface area contributed by atoms with Crippen molar-refractivity contribution in [1.82, 2.24) is 19.8 Å². The minimum atomic E-state index is -0.618.